The summed E-state index contributed by atoms with van der Waals surface area (Å²) in [5.41, 5.74) is 1.94. The molecule has 0 aliphatic rings. The van der Waals surface area contributed by atoms with E-state index in [9.17, 15) is 9.18 Å². The maximum absolute atomic E-state index is 12.8. The van der Waals surface area contributed by atoms with Crippen LogP contribution >= 0.6 is 0 Å². The predicted octanol–water partition coefficient (Wildman–Crippen LogP) is 4.05. The van der Waals surface area contributed by atoms with Gasteiger partial charge in [0.1, 0.15) is 0 Å². The second kappa shape index (κ2) is 5.92. The first-order valence-corrected chi connectivity index (χ1v) is 5.76. The molecule has 0 aromatic heterocycles. The summed E-state index contributed by atoms with van der Waals surface area (Å²) in [5.74, 6) is 0. The Labute approximate surface area is 106 Å². The lowest BCUT2D eigenvalue weighted by Crippen LogP contribution is -1.96. The highest BCUT2D eigenvalue weighted by molar-refractivity contribution is 5.90. The first-order chi connectivity index (χ1) is 8.77. The molecule has 0 heterocycles. The Hall–Kier alpha value is -2.22. The van der Waals surface area contributed by atoms with Gasteiger partial charge in [0.15, 0.2) is 0 Å². The van der Waals surface area contributed by atoms with E-state index in [1.807, 2.05) is 42.5 Å². The normalized spacial score (nSPS) is 10.7. The molecule has 0 saturated carbocycles. The molecule has 2 rings (SSSR count). The molecule has 0 atom stereocenters. The number of rotatable bonds is 4. The van der Waals surface area contributed by atoms with Crippen molar-refractivity contribution >= 4 is 12.1 Å². The molecule has 0 saturated heterocycles. The summed E-state index contributed by atoms with van der Waals surface area (Å²) in [4.78, 5) is 10.8. The molecule has 2 aromatic carbocycles. The van der Waals surface area contributed by atoms with Gasteiger partial charge in [-0.15, -0.1) is 0 Å². The van der Waals surface area contributed by atoms with Crippen LogP contribution in [0.25, 0.3) is 6.08 Å². The highest BCUT2D eigenvalue weighted by Crippen LogP contribution is 2.12. The molecule has 18 heavy (non-hydrogen) atoms. The number of hydrogen-bond donors (Lipinski definition) is 0. The lowest BCUT2D eigenvalue weighted by Gasteiger charge is -2.01. The quantitative estimate of drug-likeness (QED) is 0.737. The molecule has 0 aliphatic carbocycles. The maximum atomic E-state index is 12.8. The van der Waals surface area contributed by atoms with E-state index in [1.165, 1.54) is 6.07 Å². The minimum absolute atomic E-state index is 0.148. The summed E-state index contributed by atoms with van der Waals surface area (Å²) >= 11 is 0. The lowest BCUT2D eigenvalue weighted by molar-refractivity contribution is 0.0835. The van der Waals surface area contributed by atoms with Gasteiger partial charge in [-0.25, -0.2) is 0 Å². The third-order valence-electron chi connectivity index (χ3n) is 2.68. The van der Waals surface area contributed by atoms with Gasteiger partial charge in [0.25, 0.3) is 0 Å². The third-order valence-corrected chi connectivity index (χ3v) is 2.68. The lowest BCUT2D eigenvalue weighted by atomic mass is 10.0. The minimum Gasteiger partial charge on any atom is -0.255 e. The number of hydrogen-bond acceptors (Lipinski definition) is 1. The maximum Gasteiger partial charge on any atom is 0.332 e. The van der Waals surface area contributed by atoms with Crippen molar-refractivity contribution in [2.45, 2.75) is 6.42 Å². The molecule has 90 valence electrons. The molecule has 2 aromatic rings. The second-order valence-electron chi connectivity index (χ2n) is 3.95. The van der Waals surface area contributed by atoms with Crippen LogP contribution in [0, 0.1) is 0 Å². The van der Waals surface area contributed by atoms with Crippen molar-refractivity contribution in [1.29, 1.82) is 0 Å². The van der Waals surface area contributed by atoms with Crippen LogP contribution in [0.2, 0.25) is 0 Å². The summed E-state index contributed by atoms with van der Waals surface area (Å²) in [5, 5.41) is 0. The smallest absolute Gasteiger partial charge is 0.255 e. The van der Waals surface area contributed by atoms with E-state index in [0.717, 1.165) is 5.56 Å². The van der Waals surface area contributed by atoms with Crippen LogP contribution in [0.15, 0.2) is 60.7 Å². The number of carbonyl (C=O) groups is 1. The topological polar surface area (TPSA) is 17.1 Å². The van der Waals surface area contributed by atoms with Crippen LogP contribution in [0.4, 0.5) is 4.39 Å². The Morgan fingerprint density at radius 3 is 2.39 bits per heavy atom. The Bertz CT molecular complexity index is 558. The number of allylic oxidation sites excluding steroid dienone is 1. The van der Waals surface area contributed by atoms with Crippen molar-refractivity contribution in [3.05, 3.63) is 77.4 Å². The zero-order valence-electron chi connectivity index (χ0n) is 9.84. The monoisotopic (exact) mass is 240 g/mol. The molecule has 0 N–H and O–H groups in total. The largest absolute Gasteiger partial charge is 0.332 e. The molecule has 0 spiro atoms. The zero-order valence-corrected chi connectivity index (χ0v) is 9.84. The number of carbonyl (C=O) groups excluding carboxylic acids is 1. The third kappa shape index (κ3) is 3.14. The summed E-state index contributed by atoms with van der Waals surface area (Å²) in [6, 6.07) is 15.2. The molecular formula is C16H13FO. The fraction of sp³-hybridized carbons (Fsp3) is 0.0625. The van der Waals surface area contributed by atoms with Crippen molar-refractivity contribution in [2.24, 2.45) is 0 Å². The van der Waals surface area contributed by atoms with Gasteiger partial charge in [-0.2, -0.15) is 4.39 Å². The van der Waals surface area contributed by atoms with Gasteiger partial charge in [-0.3, -0.25) is 4.79 Å². The molecule has 0 radical (unpaired) electrons. The van der Waals surface area contributed by atoms with Crippen LogP contribution in [-0.2, 0) is 6.42 Å². The van der Waals surface area contributed by atoms with Crippen molar-refractivity contribution in [2.75, 3.05) is 0 Å². The van der Waals surface area contributed by atoms with Crippen LogP contribution < -0.4 is 0 Å². The van der Waals surface area contributed by atoms with Crippen LogP contribution in [0.5, 0.6) is 0 Å². The number of halogens is 1. The average Bonchev–Trinajstić information content (AvgIpc) is 2.40. The predicted molar refractivity (Wildman–Crippen MR) is 71.1 cm³/mol. The van der Waals surface area contributed by atoms with E-state index in [-0.39, 0.29) is 5.56 Å². The summed E-state index contributed by atoms with van der Waals surface area (Å²) in [6.45, 7) is 0. The van der Waals surface area contributed by atoms with Crippen LogP contribution in [0.1, 0.15) is 21.5 Å². The minimum atomic E-state index is -1.38. The molecule has 0 bridgehead atoms. The molecular weight excluding hydrogens is 227 g/mol. The first-order valence-electron chi connectivity index (χ1n) is 5.76. The number of benzene rings is 2. The molecule has 0 fully saturated rings. The van der Waals surface area contributed by atoms with Crippen LogP contribution in [0.3, 0.4) is 0 Å². The van der Waals surface area contributed by atoms with E-state index < -0.39 is 6.04 Å². The average molecular weight is 240 g/mol. The van der Waals surface area contributed by atoms with Crippen molar-refractivity contribution < 1.29 is 9.18 Å². The molecule has 0 amide bonds. The van der Waals surface area contributed by atoms with Gasteiger partial charge < -0.3 is 0 Å². The first kappa shape index (κ1) is 12.2. The summed E-state index contributed by atoms with van der Waals surface area (Å²) in [7, 11) is 0. The van der Waals surface area contributed by atoms with Crippen LogP contribution in [-0.4, -0.2) is 6.04 Å². The van der Waals surface area contributed by atoms with Gasteiger partial charge in [0.05, 0.1) is 5.56 Å². The Balaban J connectivity index is 2.11. The van der Waals surface area contributed by atoms with Crippen molar-refractivity contribution in [1.82, 2.24) is 0 Å². The highest BCUT2D eigenvalue weighted by Gasteiger charge is 2.07. The summed E-state index contributed by atoms with van der Waals surface area (Å²) in [6.07, 6.45) is 4.43. The van der Waals surface area contributed by atoms with E-state index in [0.29, 0.717) is 12.0 Å². The van der Waals surface area contributed by atoms with Gasteiger partial charge in [-0.1, -0.05) is 60.7 Å². The fourth-order valence-corrected chi connectivity index (χ4v) is 1.78. The fourth-order valence-electron chi connectivity index (χ4n) is 1.78. The van der Waals surface area contributed by atoms with Gasteiger partial charge in [0.2, 0.25) is 0 Å². The highest BCUT2D eigenvalue weighted by atomic mass is 19.1. The Morgan fingerprint density at radius 1 is 1.00 bits per heavy atom. The molecule has 0 unspecified atom stereocenters. The Morgan fingerprint density at radius 2 is 1.67 bits per heavy atom. The standard InChI is InChI=1S/C16H13FO/c17-16(18)15-12-5-4-10-14(15)11-6-9-13-7-2-1-3-8-13/h1-10,12H,11H2. The van der Waals surface area contributed by atoms with Gasteiger partial charge in [0, 0.05) is 0 Å². The van der Waals surface area contributed by atoms with Gasteiger partial charge in [-0.05, 0) is 23.6 Å². The molecule has 1 nitrogen and oxygen atoms in total. The molecule has 2 heteroatoms. The van der Waals surface area contributed by atoms with Crippen molar-refractivity contribution in [3.8, 4) is 0 Å². The summed E-state index contributed by atoms with van der Waals surface area (Å²) < 4.78 is 12.8. The van der Waals surface area contributed by atoms with E-state index >= 15 is 0 Å². The zero-order chi connectivity index (χ0) is 12.8. The molecule has 0 aliphatic heterocycles. The Kier molecular flexibility index (Phi) is 4.02. The van der Waals surface area contributed by atoms with E-state index in [1.54, 1.807) is 18.2 Å². The van der Waals surface area contributed by atoms with Crippen molar-refractivity contribution in [3.63, 3.8) is 0 Å². The SMILES string of the molecule is O=C(F)c1ccccc1CC=Cc1ccccc1. The van der Waals surface area contributed by atoms with E-state index in [2.05, 4.69) is 0 Å². The van der Waals surface area contributed by atoms with E-state index in [4.69, 9.17) is 0 Å². The second-order valence-corrected chi connectivity index (χ2v) is 3.95. The van der Waals surface area contributed by atoms with Gasteiger partial charge >= 0.3 is 6.04 Å².